The van der Waals surface area contributed by atoms with Gasteiger partial charge in [-0.3, -0.25) is 0 Å². The molecule has 0 unspecified atom stereocenters. The normalized spacial score (nSPS) is 11.0. The van der Waals surface area contributed by atoms with Gasteiger partial charge in [-0.25, -0.2) is 9.67 Å². The maximum atomic E-state index is 4.83. The van der Waals surface area contributed by atoms with Gasteiger partial charge in [-0.1, -0.05) is 48.5 Å². The molecule has 0 aliphatic carbocycles. The Morgan fingerprint density at radius 3 is 2.18 bits per heavy atom. The third-order valence-electron chi connectivity index (χ3n) is 3.72. The van der Waals surface area contributed by atoms with Crippen LogP contribution in [-0.2, 0) is 0 Å². The fourth-order valence-corrected chi connectivity index (χ4v) is 2.65. The molecule has 0 bridgehead atoms. The highest BCUT2D eigenvalue weighted by atomic mass is 15.3. The van der Waals surface area contributed by atoms with E-state index in [0.717, 1.165) is 33.7 Å². The third-order valence-corrected chi connectivity index (χ3v) is 3.72. The molecule has 3 nitrogen and oxygen atoms in total. The second-order valence-corrected chi connectivity index (χ2v) is 5.29. The van der Waals surface area contributed by atoms with Gasteiger partial charge in [0, 0.05) is 16.6 Å². The van der Waals surface area contributed by atoms with Crippen molar-refractivity contribution in [3.63, 3.8) is 0 Å². The summed E-state index contributed by atoms with van der Waals surface area (Å²) >= 11 is 0. The highest BCUT2D eigenvalue weighted by molar-refractivity contribution is 5.92. The number of aryl methyl sites for hydroxylation is 1. The zero-order valence-electron chi connectivity index (χ0n) is 12.3. The minimum atomic E-state index is 0.894. The first-order valence-electron chi connectivity index (χ1n) is 7.30. The quantitative estimate of drug-likeness (QED) is 0.546. The Morgan fingerprint density at radius 2 is 1.45 bits per heavy atom. The first kappa shape index (κ1) is 12.8. The number of hydrogen-bond donors (Lipinski definition) is 0. The number of benzene rings is 2. The van der Waals surface area contributed by atoms with Gasteiger partial charge in [0.25, 0.3) is 0 Å². The molecule has 0 amide bonds. The summed E-state index contributed by atoms with van der Waals surface area (Å²) < 4.78 is 1.92. The number of pyridine rings is 1. The summed E-state index contributed by atoms with van der Waals surface area (Å²) in [6, 6.07) is 24.5. The lowest BCUT2D eigenvalue weighted by atomic mass is 10.1. The second-order valence-electron chi connectivity index (χ2n) is 5.29. The Labute approximate surface area is 128 Å². The summed E-state index contributed by atoms with van der Waals surface area (Å²) in [4.78, 5) is 4.70. The molecule has 2 heterocycles. The van der Waals surface area contributed by atoms with Crippen LogP contribution in [0.4, 0.5) is 0 Å². The number of hydrogen-bond acceptors (Lipinski definition) is 2. The third kappa shape index (κ3) is 2.07. The van der Waals surface area contributed by atoms with Crippen molar-refractivity contribution < 1.29 is 0 Å². The average molecular weight is 285 g/mol. The average Bonchev–Trinajstić information content (AvgIpc) is 2.95. The maximum Gasteiger partial charge on any atom is 0.163 e. The second kappa shape index (κ2) is 5.11. The van der Waals surface area contributed by atoms with Gasteiger partial charge < -0.3 is 0 Å². The molecule has 4 aromatic rings. The van der Waals surface area contributed by atoms with Crippen LogP contribution < -0.4 is 0 Å². The van der Waals surface area contributed by atoms with Gasteiger partial charge in [0.1, 0.15) is 5.69 Å². The molecule has 2 aromatic carbocycles. The molecule has 106 valence electrons. The van der Waals surface area contributed by atoms with Crippen molar-refractivity contribution in [2.45, 2.75) is 6.92 Å². The fraction of sp³-hybridized carbons (Fsp3) is 0.0526. The Kier molecular flexibility index (Phi) is 2.97. The summed E-state index contributed by atoms with van der Waals surface area (Å²) in [7, 11) is 0. The number of para-hydroxylation sites is 1. The fourth-order valence-electron chi connectivity index (χ4n) is 2.65. The summed E-state index contributed by atoms with van der Waals surface area (Å²) in [5, 5.41) is 5.90. The van der Waals surface area contributed by atoms with Crippen LogP contribution in [0, 0.1) is 6.92 Å². The lowest BCUT2D eigenvalue weighted by molar-refractivity contribution is 0.898. The smallest absolute Gasteiger partial charge is 0.163 e. The predicted molar refractivity (Wildman–Crippen MR) is 89.0 cm³/mol. The van der Waals surface area contributed by atoms with Crippen LogP contribution in [0.2, 0.25) is 0 Å². The van der Waals surface area contributed by atoms with Crippen molar-refractivity contribution in [2.24, 2.45) is 0 Å². The summed E-state index contributed by atoms with van der Waals surface area (Å²) in [6.45, 7) is 2.00. The largest absolute Gasteiger partial charge is 0.233 e. The van der Waals surface area contributed by atoms with Gasteiger partial charge in [0.2, 0.25) is 0 Å². The first-order valence-corrected chi connectivity index (χ1v) is 7.30. The number of nitrogens with zero attached hydrogens (tertiary/aromatic N) is 3. The zero-order valence-corrected chi connectivity index (χ0v) is 12.3. The van der Waals surface area contributed by atoms with E-state index in [-0.39, 0.29) is 0 Å². The number of aromatic nitrogens is 3. The highest BCUT2D eigenvalue weighted by Gasteiger charge is 2.14. The minimum Gasteiger partial charge on any atom is -0.233 e. The summed E-state index contributed by atoms with van der Waals surface area (Å²) in [6.07, 6.45) is 0. The van der Waals surface area contributed by atoms with Gasteiger partial charge in [-0.2, -0.15) is 5.10 Å². The molecule has 0 N–H and O–H groups in total. The lowest BCUT2D eigenvalue weighted by Gasteiger charge is -2.02. The molecule has 4 rings (SSSR count). The molecule has 0 aliphatic heterocycles. The molecule has 0 atom stereocenters. The van der Waals surface area contributed by atoms with Crippen LogP contribution in [0.25, 0.3) is 28.0 Å². The Bertz CT molecular complexity index is 925. The van der Waals surface area contributed by atoms with Crippen molar-refractivity contribution in [3.05, 3.63) is 78.5 Å². The van der Waals surface area contributed by atoms with Crippen LogP contribution in [-0.4, -0.2) is 14.8 Å². The van der Waals surface area contributed by atoms with Crippen LogP contribution >= 0.6 is 0 Å². The van der Waals surface area contributed by atoms with Crippen molar-refractivity contribution in [1.82, 2.24) is 14.8 Å². The SMILES string of the molecule is Cc1ccc2c(-c3ccccc3)nn(-c3ccccc3)c2n1. The monoisotopic (exact) mass is 285 g/mol. The maximum absolute atomic E-state index is 4.83. The van der Waals surface area contributed by atoms with Gasteiger partial charge in [0.05, 0.1) is 5.69 Å². The molecule has 0 saturated heterocycles. The van der Waals surface area contributed by atoms with Crippen molar-refractivity contribution in [1.29, 1.82) is 0 Å². The molecular weight excluding hydrogens is 270 g/mol. The summed E-state index contributed by atoms with van der Waals surface area (Å²) in [5.74, 6) is 0. The molecule has 2 aromatic heterocycles. The van der Waals surface area contributed by atoms with E-state index < -0.39 is 0 Å². The van der Waals surface area contributed by atoms with E-state index in [4.69, 9.17) is 10.1 Å². The van der Waals surface area contributed by atoms with E-state index in [2.05, 4.69) is 18.2 Å². The summed E-state index contributed by atoms with van der Waals surface area (Å²) in [5.41, 5.74) is 4.97. The van der Waals surface area contributed by atoms with Gasteiger partial charge in [-0.15, -0.1) is 0 Å². The molecular formula is C19H15N3. The minimum absolute atomic E-state index is 0.894. The van der Waals surface area contributed by atoms with E-state index in [9.17, 15) is 0 Å². The van der Waals surface area contributed by atoms with E-state index in [1.807, 2.05) is 66.2 Å². The topological polar surface area (TPSA) is 30.7 Å². The van der Waals surface area contributed by atoms with Gasteiger partial charge in [-0.05, 0) is 31.2 Å². The van der Waals surface area contributed by atoms with Gasteiger partial charge in [0.15, 0.2) is 5.65 Å². The lowest BCUT2D eigenvalue weighted by Crippen LogP contribution is -1.97. The molecule has 0 radical (unpaired) electrons. The zero-order chi connectivity index (χ0) is 14.9. The number of rotatable bonds is 2. The van der Waals surface area contributed by atoms with Crippen molar-refractivity contribution in [3.8, 4) is 16.9 Å². The van der Waals surface area contributed by atoms with E-state index in [1.165, 1.54) is 0 Å². The van der Waals surface area contributed by atoms with E-state index in [1.54, 1.807) is 0 Å². The van der Waals surface area contributed by atoms with E-state index >= 15 is 0 Å². The first-order chi connectivity index (χ1) is 10.8. The van der Waals surface area contributed by atoms with E-state index in [0.29, 0.717) is 0 Å². The molecule has 0 saturated carbocycles. The van der Waals surface area contributed by atoms with Crippen LogP contribution in [0.15, 0.2) is 72.8 Å². The standard InChI is InChI=1S/C19H15N3/c1-14-12-13-17-18(15-8-4-2-5-9-15)21-22(19(17)20-14)16-10-6-3-7-11-16/h2-13H,1H3. The van der Waals surface area contributed by atoms with Crippen molar-refractivity contribution in [2.75, 3.05) is 0 Å². The van der Waals surface area contributed by atoms with Crippen LogP contribution in [0.3, 0.4) is 0 Å². The predicted octanol–water partition coefficient (Wildman–Crippen LogP) is 4.40. The highest BCUT2D eigenvalue weighted by Crippen LogP contribution is 2.28. The van der Waals surface area contributed by atoms with Crippen molar-refractivity contribution >= 4 is 11.0 Å². The number of fused-ring (bicyclic) bond motifs is 1. The Balaban J connectivity index is 2.04. The van der Waals surface area contributed by atoms with Gasteiger partial charge >= 0.3 is 0 Å². The molecule has 0 aliphatic rings. The molecule has 0 spiro atoms. The molecule has 3 heteroatoms. The van der Waals surface area contributed by atoms with Crippen LogP contribution in [0.5, 0.6) is 0 Å². The molecule has 0 fully saturated rings. The van der Waals surface area contributed by atoms with Crippen LogP contribution in [0.1, 0.15) is 5.69 Å². The Hall–Kier alpha value is -2.94. The Morgan fingerprint density at radius 1 is 0.773 bits per heavy atom. The molecule has 22 heavy (non-hydrogen) atoms.